The summed E-state index contributed by atoms with van der Waals surface area (Å²) in [6.07, 6.45) is 2.74. The van der Waals surface area contributed by atoms with Crippen LogP contribution in [0.3, 0.4) is 0 Å². The molecule has 0 aliphatic carbocycles. The van der Waals surface area contributed by atoms with Gasteiger partial charge in [0.15, 0.2) is 5.65 Å². The largest absolute Gasteiger partial charge is 0.385 e. The molecule has 0 saturated heterocycles. The van der Waals surface area contributed by atoms with Crippen LogP contribution in [0.15, 0.2) is 24.5 Å². The van der Waals surface area contributed by atoms with E-state index in [-0.39, 0.29) is 6.54 Å². The molecule has 5 nitrogen and oxygen atoms in total. The fraction of sp³-hybridized carbons (Fsp3) is 0.250. The first-order valence-corrected chi connectivity index (χ1v) is 3.99. The summed E-state index contributed by atoms with van der Waals surface area (Å²) in [5, 5.41) is 13.5. The molecular formula is C8H10N4O. The SMILES string of the molecule is NC[C@H](O)c1cc2ncccn2n1. The van der Waals surface area contributed by atoms with Gasteiger partial charge < -0.3 is 10.8 Å². The minimum atomic E-state index is -0.707. The predicted octanol–water partition coefficient (Wildman–Crippen LogP) is -0.279. The Labute approximate surface area is 74.8 Å². The lowest BCUT2D eigenvalue weighted by molar-refractivity contribution is 0.181. The van der Waals surface area contributed by atoms with E-state index in [1.54, 1.807) is 29.0 Å². The minimum Gasteiger partial charge on any atom is -0.385 e. The average molecular weight is 178 g/mol. The van der Waals surface area contributed by atoms with Gasteiger partial charge in [-0.2, -0.15) is 5.10 Å². The smallest absolute Gasteiger partial charge is 0.155 e. The maximum atomic E-state index is 9.40. The zero-order valence-electron chi connectivity index (χ0n) is 6.96. The summed E-state index contributed by atoms with van der Waals surface area (Å²) in [6, 6.07) is 3.50. The Hall–Kier alpha value is -1.46. The number of nitrogens with zero attached hydrogens (tertiary/aromatic N) is 3. The quantitative estimate of drug-likeness (QED) is 0.663. The molecule has 2 rings (SSSR count). The first-order valence-electron chi connectivity index (χ1n) is 3.99. The lowest BCUT2D eigenvalue weighted by Crippen LogP contribution is -2.11. The van der Waals surface area contributed by atoms with E-state index in [4.69, 9.17) is 5.73 Å². The van der Waals surface area contributed by atoms with Gasteiger partial charge >= 0.3 is 0 Å². The fourth-order valence-corrected chi connectivity index (χ4v) is 1.13. The number of aliphatic hydroxyl groups is 1. The Morgan fingerprint density at radius 2 is 2.46 bits per heavy atom. The summed E-state index contributed by atoms with van der Waals surface area (Å²) in [7, 11) is 0. The molecule has 0 saturated carbocycles. The van der Waals surface area contributed by atoms with E-state index in [2.05, 4.69) is 10.1 Å². The number of hydrogen-bond donors (Lipinski definition) is 2. The summed E-state index contributed by atoms with van der Waals surface area (Å²) in [5.74, 6) is 0. The van der Waals surface area contributed by atoms with Crippen LogP contribution >= 0.6 is 0 Å². The molecule has 0 aliphatic rings. The second kappa shape index (κ2) is 3.12. The molecule has 68 valence electrons. The van der Waals surface area contributed by atoms with Gasteiger partial charge in [0, 0.05) is 25.0 Å². The molecule has 1 atom stereocenters. The van der Waals surface area contributed by atoms with Crippen LogP contribution in [0.5, 0.6) is 0 Å². The Morgan fingerprint density at radius 3 is 3.15 bits per heavy atom. The fourth-order valence-electron chi connectivity index (χ4n) is 1.13. The van der Waals surface area contributed by atoms with Crippen molar-refractivity contribution in [3.63, 3.8) is 0 Å². The van der Waals surface area contributed by atoms with Crippen molar-refractivity contribution in [2.45, 2.75) is 6.10 Å². The monoisotopic (exact) mass is 178 g/mol. The first-order chi connectivity index (χ1) is 6.31. The summed E-state index contributed by atoms with van der Waals surface area (Å²) < 4.78 is 1.61. The highest BCUT2D eigenvalue weighted by Gasteiger charge is 2.09. The molecule has 0 amide bonds. The molecular weight excluding hydrogens is 168 g/mol. The van der Waals surface area contributed by atoms with E-state index >= 15 is 0 Å². The lowest BCUT2D eigenvalue weighted by Gasteiger charge is -2.00. The van der Waals surface area contributed by atoms with Gasteiger partial charge in [0.1, 0.15) is 6.10 Å². The maximum Gasteiger partial charge on any atom is 0.155 e. The molecule has 2 heterocycles. The van der Waals surface area contributed by atoms with Gasteiger partial charge in [-0.15, -0.1) is 0 Å². The van der Waals surface area contributed by atoms with Gasteiger partial charge in [-0.1, -0.05) is 0 Å². The van der Waals surface area contributed by atoms with Crippen LogP contribution in [-0.2, 0) is 0 Å². The molecule has 13 heavy (non-hydrogen) atoms. The Bertz CT molecular complexity index is 378. The third-order valence-corrected chi connectivity index (χ3v) is 1.82. The van der Waals surface area contributed by atoms with Crippen LogP contribution in [0, 0.1) is 0 Å². The van der Waals surface area contributed by atoms with Crippen LogP contribution in [0.4, 0.5) is 0 Å². The van der Waals surface area contributed by atoms with Crippen molar-refractivity contribution < 1.29 is 5.11 Å². The molecule has 0 unspecified atom stereocenters. The van der Waals surface area contributed by atoms with Crippen LogP contribution in [0.25, 0.3) is 5.65 Å². The molecule has 0 aliphatic heterocycles. The minimum absolute atomic E-state index is 0.171. The van der Waals surface area contributed by atoms with E-state index in [0.29, 0.717) is 11.3 Å². The van der Waals surface area contributed by atoms with Gasteiger partial charge in [0.2, 0.25) is 0 Å². The summed E-state index contributed by atoms with van der Waals surface area (Å²) in [4.78, 5) is 4.07. The van der Waals surface area contributed by atoms with Crippen molar-refractivity contribution in [3.05, 3.63) is 30.2 Å². The van der Waals surface area contributed by atoms with Gasteiger partial charge in [0.25, 0.3) is 0 Å². The standard InChI is InChI=1S/C8H10N4O/c9-5-7(13)6-4-8-10-2-1-3-12(8)11-6/h1-4,7,13H,5,9H2/t7-/m0/s1. The number of aliphatic hydroxyl groups excluding tert-OH is 1. The molecule has 2 aromatic rings. The van der Waals surface area contributed by atoms with Crippen LogP contribution in [0.1, 0.15) is 11.8 Å². The molecule has 0 spiro atoms. The maximum absolute atomic E-state index is 9.40. The summed E-state index contributed by atoms with van der Waals surface area (Å²) in [5.41, 5.74) is 6.58. The molecule has 3 N–H and O–H groups in total. The highest BCUT2D eigenvalue weighted by molar-refractivity contribution is 5.38. The number of rotatable bonds is 2. The van der Waals surface area contributed by atoms with Gasteiger partial charge in [-0.25, -0.2) is 9.50 Å². The van der Waals surface area contributed by atoms with E-state index in [9.17, 15) is 5.11 Å². The van der Waals surface area contributed by atoms with Crippen molar-refractivity contribution in [3.8, 4) is 0 Å². The normalized spacial score (nSPS) is 13.4. The van der Waals surface area contributed by atoms with Crippen LogP contribution < -0.4 is 5.73 Å². The van der Waals surface area contributed by atoms with Crippen LogP contribution in [-0.4, -0.2) is 26.2 Å². The number of aromatic nitrogens is 3. The first kappa shape index (κ1) is 8.15. The van der Waals surface area contributed by atoms with E-state index in [1.807, 2.05) is 0 Å². The highest BCUT2D eigenvalue weighted by Crippen LogP contribution is 2.10. The molecule has 5 heteroatoms. The average Bonchev–Trinajstić information content (AvgIpc) is 2.59. The number of hydrogen-bond acceptors (Lipinski definition) is 4. The number of fused-ring (bicyclic) bond motifs is 1. The Kier molecular flexibility index (Phi) is 1.96. The second-order valence-electron chi connectivity index (χ2n) is 2.74. The topological polar surface area (TPSA) is 76.4 Å². The van der Waals surface area contributed by atoms with Crippen LogP contribution in [0.2, 0.25) is 0 Å². The van der Waals surface area contributed by atoms with Crippen molar-refractivity contribution >= 4 is 5.65 Å². The van der Waals surface area contributed by atoms with E-state index < -0.39 is 6.10 Å². The van der Waals surface area contributed by atoms with Gasteiger partial charge in [0.05, 0.1) is 5.69 Å². The molecule has 0 fully saturated rings. The van der Waals surface area contributed by atoms with Gasteiger partial charge in [-0.3, -0.25) is 0 Å². The highest BCUT2D eigenvalue weighted by atomic mass is 16.3. The third-order valence-electron chi connectivity index (χ3n) is 1.82. The second-order valence-corrected chi connectivity index (χ2v) is 2.74. The lowest BCUT2D eigenvalue weighted by atomic mass is 10.2. The number of nitrogens with two attached hydrogens (primary N) is 1. The Morgan fingerprint density at radius 1 is 1.62 bits per heavy atom. The molecule has 0 radical (unpaired) electrons. The zero-order valence-corrected chi connectivity index (χ0v) is 6.96. The summed E-state index contributed by atoms with van der Waals surface area (Å²) >= 11 is 0. The van der Waals surface area contributed by atoms with E-state index in [1.165, 1.54) is 0 Å². The summed E-state index contributed by atoms with van der Waals surface area (Å²) in [6.45, 7) is 0.171. The predicted molar refractivity (Wildman–Crippen MR) is 47.0 cm³/mol. The van der Waals surface area contributed by atoms with Crippen molar-refractivity contribution in [1.82, 2.24) is 14.6 Å². The van der Waals surface area contributed by atoms with Crippen molar-refractivity contribution in [2.75, 3.05) is 6.54 Å². The van der Waals surface area contributed by atoms with Crippen molar-refractivity contribution in [2.24, 2.45) is 5.73 Å². The molecule has 2 aromatic heterocycles. The third kappa shape index (κ3) is 1.39. The van der Waals surface area contributed by atoms with Gasteiger partial charge in [-0.05, 0) is 6.07 Å². The Balaban J connectivity index is 2.49. The molecule has 0 aromatic carbocycles. The van der Waals surface area contributed by atoms with E-state index in [0.717, 1.165) is 0 Å². The zero-order chi connectivity index (χ0) is 9.26. The van der Waals surface area contributed by atoms with Crippen molar-refractivity contribution in [1.29, 1.82) is 0 Å². The molecule has 0 bridgehead atoms.